The predicted octanol–water partition coefficient (Wildman–Crippen LogP) is 1.62. The van der Waals surface area contributed by atoms with Gasteiger partial charge in [-0.1, -0.05) is 11.6 Å². The minimum atomic E-state index is -0.563. The van der Waals surface area contributed by atoms with Crippen LogP contribution in [0.5, 0.6) is 0 Å². The van der Waals surface area contributed by atoms with E-state index in [-0.39, 0.29) is 11.3 Å². The van der Waals surface area contributed by atoms with Crippen molar-refractivity contribution in [1.29, 1.82) is 0 Å². The lowest BCUT2D eigenvalue weighted by atomic mass is 10.2. The Morgan fingerprint density at radius 1 is 1.42 bits per heavy atom. The highest BCUT2D eigenvalue weighted by atomic mass is 35.5. The molecule has 0 unspecified atom stereocenters. The molecule has 3 rings (SSSR count). The largest absolute Gasteiger partial charge is 0.464 e. The van der Waals surface area contributed by atoms with Crippen molar-refractivity contribution in [2.45, 2.75) is 0 Å². The molecule has 0 aliphatic heterocycles. The number of aromatic amines is 1. The fourth-order valence-corrected chi connectivity index (χ4v) is 2.05. The number of carbonyl (C=O) groups is 1. The van der Waals surface area contributed by atoms with Crippen molar-refractivity contribution in [2.24, 2.45) is 0 Å². The lowest BCUT2D eigenvalue weighted by Crippen LogP contribution is -2.16. The van der Waals surface area contributed by atoms with Crippen LogP contribution in [0.1, 0.15) is 10.5 Å². The zero-order valence-electron chi connectivity index (χ0n) is 9.81. The van der Waals surface area contributed by atoms with E-state index in [9.17, 15) is 9.59 Å². The first-order valence-corrected chi connectivity index (χ1v) is 5.77. The monoisotopic (exact) mass is 277 g/mol. The van der Waals surface area contributed by atoms with Crippen LogP contribution in [0.25, 0.3) is 16.6 Å². The molecule has 0 aliphatic carbocycles. The average molecular weight is 278 g/mol. The summed E-state index contributed by atoms with van der Waals surface area (Å²) < 4.78 is 5.77. The Hall–Kier alpha value is -2.34. The van der Waals surface area contributed by atoms with Gasteiger partial charge in [0.1, 0.15) is 5.69 Å². The molecule has 0 atom stereocenters. The highest BCUT2D eigenvalue weighted by Crippen LogP contribution is 2.16. The van der Waals surface area contributed by atoms with Crippen molar-refractivity contribution in [1.82, 2.24) is 14.6 Å². The highest BCUT2D eigenvalue weighted by molar-refractivity contribution is 6.31. The summed E-state index contributed by atoms with van der Waals surface area (Å²) in [5.41, 5.74) is 0.705. The number of hydrogen-bond donors (Lipinski definition) is 1. The van der Waals surface area contributed by atoms with E-state index in [1.54, 1.807) is 12.1 Å². The minimum absolute atomic E-state index is 0.161. The Kier molecular flexibility index (Phi) is 2.53. The number of H-pyrrole nitrogens is 1. The molecule has 1 N–H and O–H groups in total. The first kappa shape index (κ1) is 11.7. The van der Waals surface area contributed by atoms with Crippen molar-refractivity contribution < 1.29 is 9.53 Å². The van der Waals surface area contributed by atoms with Gasteiger partial charge in [-0.05, 0) is 18.2 Å². The smallest absolute Gasteiger partial charge is 0.356 e. The fourth-order valence-electron chi connectivity index (χ4n) is 1.88. The van der Waals surface area contributed by atoms with E-state index in [4.69, 9.17) is 11.6 Å². The van der Waals surface area contributed by atoms with E-state index < -0.39 is 5.97 Å². The molecule has 2 aromatic heterocycles. The van der Waals surface area contributed by atoms with E-state index in [0.29, 0.717) is 21.6 Å². The molecule has 96 valence electrons. The number of esters is 1. The van der Waals surface area contributed by atoms with Crippen molar-refractivity contribution in [3.05, 3.63) is 45.3 Å². The molecule has 0 radical (unpaired) electrons. The van der Waals surface area contributed by atoms with Crippen molar-refractivity contribution in [3.63, 3.8) is 0 Å². The van der Waals surface area contributed by atoms with Crippen LogP contribution in [0.4, 0.5) is 0 Å². The van der Waals surface area contributed by atoms with Gasteiger partial charge in [0, 0.05) is 11.1 Å². The standard InChI is InChI=1S/C12H8ClN3O3/c1-19-12(18)9-5-10-14-8-3-2-6(13)4-7(8)11(17)16(10)15-9/h2-5,15H,1H3. The molecule has 1 aromatic carbocycles. The van der Waals surface area contributed by atoms with Gasteiger partial charge in [-0.25, -0.2) is 14.3 Å². The number of ether oxygens (including phenoxy) is 1. The van der Waals surface area contributed by atoms with Gasteiger partial charge in [-0.3, -0.25) is 9.89 Å². The van der Waals surface area contributed by atoms with E-state index in [1.807, 2.05) is 0 Å². The van der Waals surface area contributed by atoms with E-state index in [2.05, 4.69) is 14.8 Å². The second-order valence-electron chi connectivity index (χ2n) is 3.93. The summed E-state index contributed by atoms with van der Waals surface area (Å²) in [7, 11) is 1.26. The average Bonchev–Trinajstić information content (AvgIpc) is 2.83. The fraction of sp³-hybridized carbons (Fsp3) is 0.0833. The molecular weight excluding hydrogens is 270 g/mol. The van der Waals surface area contributed by atoms with Crippen molar-refractivity contribution in [3.8, 4) is 0 Å². The third-order valence-corrected chi connectivity index (χ3v) is 3.00. The van der Waals surface area contributed by atoms with E-state index in [0.717, 1.165) is 0 Å². The first-order chi connectivity index (χ1) is 9.10. The molecule has 0 spiro atoms. The van der Waals surface area contributed by atoms with Gasteiger partial charge in [0.05, 0.1) is 18.0 Å². The number of fused-ring (bicyclic) bond motifs is 2. The summed E-state index contributed by atoms with van der Waals surface area (Å²) >= 11 is 5.86. The molecule has 6 nitrogen and oxygen atoms in total. The summed E-state index contributed by atoms with van der Waals surface area (Å²) in [6.07, 6.45) is 0. The first-order valence-electron chi connectivity index (χ1n) is 5.39. The SMILES string of the molecule is COC(=O)c1cc2nc3ccc(Cl)cc3c(=O)n2[nH]1. The second kappa shape index (κ2) is 4.10. The summed E-state index contributed by atoms with van der Waals surface area (Å²) in [4.78, 5) is 28.0. The molecule has 0 saturated carbocycles. The minimum Gasteiger partial charge on any atom is -0.464 e. The van der Waals surface area contributed by atoms with Crippen LogP contribution >= 0.6 is 11.6 Å². The number of carbonyl (C=O) groups excluding carboxylic acids is 1. The maximum atomic E-state index is 12.2. The molecule has 19 heavy (non-hydrogen) atoms. The van der Waals surface area contributed by atoms with Crippen LogP contribution in [-0.4, -0.2) is 27.7 Å². The third-order valence-electron chi connectivity index (χ3n) is 2.77. The maximum absolute atomic E-state index is 12.2. The molecular formula is C12H8ClN3O3. The number of aromatic nitrogens is 3. The lowest BCUT2D eigenvalue weighted by molar-refractivity contribution is 0.0593. The lowest BCUT2D eigenvalue weighted by Gasteiger charge is -1.98. The number of methoxy groups -OCH3 is 1. The van der Waals surface area contributed by atoms with Gasteiger partial charge in [0.15, 0.2) is 5.65 Å². The number of nitrogens with one attached hydrogen (secondary N) is 1. The molecule has 0 saturated heterocycles. The Labute approximate surface area is 111 Å². The molecule has 0 fully saturated rings. The molecule has 0 aliphatic rings. The Morgan fingerprint density at radius 2 is 2.21 bits per heavy atom. The number of hydrogen-bond acceptors (Lipinski definition) is 4. The number of nitrogens with zero attached hydrogens (tertiary/aromatic N) is 2. The van der Waals surface area contributed by atoms with Gasteiger partial charge < -0.3 is 4.74 Å². The number of rotatable bonds is 1. The molecule has 3 aromatic rings. The van der Waals surface area contributed by atoms with Crippen LogP contribution in [0.3, 0.4) is 0 Å². The Balaban J connectivity index is 2.40. The summed E-state index contributed by atoms with van der Waals surface area (Å²) in [5.74, 6) is -0.563. The summed E-state index contributed by atoms with van der Waals surface area (Å²) in [5, 5.41) is 3.48. The number of halogens is 1. The zero-order valence-corrected chi connectivity index (χ0v) is 10.6. The van der Waals surface area contributed by atoms with Gasteiger partial charge >= 0.3 is 5.97 Å². The Bertz CT molecular complexity index is 866. The predicted molar refractivity (Wildman–Crippen MR) is 69.7 cm³/mol. The third kappa shape index (κ3) is 1.77. The van der Waals surface area contributed by atoms with E-state index in [1.165, 1.54) is 23.8 Å². The molecule has 7 heteroatoms. The maximum Gasteiger partial charge on any atom is 0.356 e. The molecule has 0 amide bonds. The summed E-state index contributed by atoms with van der Waals surface area (Å²) in [6, 6.07) is 6.31. The summed E-state index contributed by atoms with van der Waals surface area (Å²) in [6.45, 7) is 0. The van der Waals surface area contributed by atoms with Crippen molar-refractivity contribution in [2.75, 3.05) is 7.11 Å². The van der Waals surface area contributed by atoms with Crippen LogP contribution in [0.2, 0.25) is 5.02 Å². The second-order valence-corrected chi connectivity index (χ2v) is 4.37. The number of benzene rings is 1. The molecule has 0 bridgehead atoms. The van der Waals surface area contributed by atoms with Gasteiger partial charge in [-0.2, -0.15) is 0 Å². The quantitative estimate of drug-likeness (QED) is 0.686. The van der Waals surface area contributed by atoms with Gasteiger partial charge in [-0.15, -0.1) is 0 Å². The topological polar surface area (TPSA) is 76.5 Å². The normalized spacial score (nSPS) is 11.1. The van der Waals surface area contributed by atoms with Gasteiger partial charge in [0.25, 0.3) is 5.56 Å². The van der Waals surface area contributed by atoms with Crippen LogP contribution in [0.15, 0.2) is 29.1 Å². The molecule has 2 heterocycles. The highest BCUT2D eigenvalue weighted by Gasteiger charge is 2.13. The van der Waals surface area contributed by atoms with Crippen molar-refractivity contribution >= 4 is 34.1 Å². The van der Waals surface area contributed by atoms with Crippen LogP contribution in [0, 0.1) is 0 Å². The van der Waals surface area contributed by atoms with Crippen LogP contribution < -0.4 is 5.56 Å². The van der Waals surface area contributed by atoms with Gasteiger partial charge in [0.2, 0.25) is 0 Å². The Morgan fingerprint density at radius 3 is 2.95 bits per heavy atom. The van der Waals surface area contributed by atoms with Crippen LogP contribution in [-0.2, 0) is 4.74 Å². The zero-order chi connectivity index (χ0) is 13.6. The van der Waals surface area contributed by atoms with E-state index >= 15 is 0 Å².